The van der Waals surface area contributed by atoms with Gasteiger partial charge in [0.15, 0.2) is 0 Å². The largest absolute Gasteiger partial charge is 0.337 e. The average Bonchev–Trinajstić information content (AvgIpc) is 2.80. The quantitative estimate of drug-likeness (QED) is 0.832. The molecule has 1 N–H and O–H groups in total. The summed E-state index contributed by atoms with van der Waals surface area (Å²) in [5, 5.41) is 7.06. The second-order valence-electron chi connectivity index (χ2n) is 3.33. The summed E-state index contributed by atoms with van der Waals surface area (Å²) in [7, 11) is 0. The van der Waals surface area contributed by atoms with E-state index in [0.717, 1.165) is 6.54 Å². The van der Waals surface area contributed by atoms with Crippen molar-refractivity contribution in [2.75, 3.05) is 6.54 Å². The van der Waals surface area contributed by atoms with Crippen molar-refractivity contribution in [1.82, 2.24) is 25.4 Å². The standard InChI is InChI=1S/C10H13N5O/c1-3-12-7(2)10-14-9(15-16-10)8-6-11-4-5-13-8/h4-7,12H,3H2,1-2H3. The number of nitrogens with one attached hydrogen (secondary N) is 1. The van der Waals surface area contributed by atoms with Crippen LogP contribution in [0.25, 0.3) is 11.5 Å². The lowest BCUT2D eigenvalue weighted by atomic mass is 10.3. The molecule has 0 aromatic carbocycles. The molecule has 16 heavy (non-hydrogen) atoms. The number of hydrogen-bond acceptors (Lipinski definition) is 6. The Morgan fingerprint density at radius 1 is 1.44 bits per heavy atom. The van der Waals surface area contributed by atoms with Crippen LogP contribution in [-0.2, 0) is 0 Å². The molecule has 1 unspecified atom stereocenters. The lowest BCUT2D eigenvalue weighted by molar-refractivity contribution is 0.342. The van der Waals surface area contributed by atoms with Gasteiger partial charge in [-0.15, -0.1) is 0 Å². The third-order valence-corrected chi connectivity index (χ3v) is 2.11. The number of rotatable bonds is 4. The van der Waals surface area contributed by atoms with Crippen molar-refractivity contribution in [2.45, 2.75) is 19.9 Å². The van der Waals surface area contributed by atoms with Crippen molar-refractivity contribution in [2.24, 2.45) is 0 Å². The summed E-state index contributed by atoms with van der Waals surface area (Å²) in [6.45, 7) is 4.85. The van der Waals surface area contributed by atoms with E-state index in [4.69, 9.17) is 4.52 Å². The Bertz CT molecular complexity index is 441. The Morgan fingerprint density at radius 3 is 3.00 bits per heavy atom. The normalized spacial score (nSPS) is 12.6. The van der Waals surface area contributed by atoms with E-state index in [1.165, 1.54) is 0 Å². The topological polar surface area (TPSA) is 76.7 Å². The zero-order valence-corrected chi connectivity index (χ0v) is 9.21. The molecule has 2 rings (SSSR count). The van der Waals surface area contributed by atoms with Gasteiger partial charge in [0.25, 0.3) is 0 Å². The molecule has 0 fully saturated rings. The Balaban J connectivity index is 2.20. The van der Waals surface area contributed by atoms with Crippen molar-refractivity contribution >= 4 is 0 Å². The van der Waals surface area contributed by atoms with Crippen LogP contribution < -0.4 is 5.32 Å². The SMILES string of the molecule is CCNC(C)c1nc(-c2cnccn2)no1. The van der Waals surface area contributed by atoms with Gasteiger partial charge < -0.3 is 9.84 Å². The zero-order valence-electron chi connectivity index (χ0n) is 9.21. The fourth-order valence-electron chi connectivity index (χ4n) is 1.32. The van der Waals surface area contributed by atoms with E-state index >= 15 is 0 Å². The third-order valence-electron chi connectivity index (χ3n) is 2.11. The van der Waals surface area contributed by atoms with Gasteiger partial charge in [0.05, 0.1) is 12.2 Å². The van der Waals surface area contributed by atoms with Gasteiger partial charge in [-0.05, 0) is 13.5 Å². The molecule has 0 amide bonds. The summed E-state index contributed by atoms with van der Waals surface area (Å²) in [5.74, 6) is 1.02. The van der Waals surface area contributed by atoms with E-state index in [1.54, 1.807) is 18.6 Å². The van der Waals surface area contributed by atoms with Crippen molar-refractivity contribution in [1.29, 1.82) is 0 Å². The molecular formula is C10H13N5O. The molecule has 2 aromatic heterocycles. The molecule has 0 bridgehead atoms. The van der Waals surface area contributed by atoms with E-state index < -0.39 is 0 Å². The maximum atomic E-state index is 5.14. The summed E-state index contributed by atoms with van der Waals surface area (Å²) in [4.78, 5) is 12.3. The minimum absolute atomic E-state index is 0.0444. The third kappa shape index (κ3) is 2.22. The predicted molar refractivity (Wildman–Crippen MR) is 57.4 cm³/mol. The van der Waals surface area contributed by atoms with Gasteiger partial charge in [0.2, 0.25) is 11.7 Å². The summed E-state index contributed by atoms with van der Waals surface area (Å²) in [6.07, 6.45) is 4.80. The van der Waals surface area contributed by atoms with Crippen molar-refractivity contribution < 1.29 is 4.52 Å². The highest BCUT2D eigenvalue weighted by Gasteiger charge is 2.14. The lowest BCUT2D eigenvalue weighted by Gasteiger charge is -2.04. The predicted octanol–water partition coefficient (Wildman–Crippen LogP) is 1.20. The van der Waals surface area contributed by atoms with Crippen LogP contribution in [-0.4, -0.2) is 26.7 Å². The van der Waals surface area contributed by atoms with Gasteiger partial charge in [-0.25, -0.2) is 4.98 Å². The van der Waals surface area contributed by atoms with E-state index in [9.17, 15) is 0 Å². The van der Waals surface area contributed by atoms with Crippen LogP contribution in [0.2, 0.25) is 0 Å². The highest BCUT2D eigenvalue weighted by Crippen LogP contribution is 2.15. The second kappa shape index (κ2) is 4.80. The molecule has 0 saturated carbocycles. The molecule has 2 heterocycles. The monoisotopic (exact) mass is 219 g/mol. The number of aromatic nitrogens is 4. The van der Waals surface area contributed by atoms with E-state index in [2.05, 4.69) is 25.4 Å². The van der Waals surface area contributed by atoms with E-state index in [0.29, 0.717) is 17.4 Å². The van der Waals surface area contributed by atoms with Gasteiger partial charge in [-0.2, -0.15) is 4.98 Å². The Morgan fingerprint density at radius 2 is 2.31 bits per heavy atom. The summed E-state index contributed by atoms with van der Waals surface area (Å²) in [6, 6.07) is 0.0444. The molecule has 0 radical (unpaired) electrons. The Labute approximate surface area is 93.1 Å². The van der Waals surface area contributed by atoms with Gasteiger partial charge in [0.1, 0.15) is 5.69 Å². The molecule has 6 nitrogen and oxygen atoms in total. The second-order valence-corrected chi connectivity index (χ2v) is 3.33. The first kappa shape index (κ1) is 10.7. The van der Waals surface area contributed by atoms with E-state index in [1.807, 2.05) is 13.8 Å². The first-order chi connectivity index (χ1) is 7.81. The van der Waals surface area contributed by atoms with E-state index in [-0.39, 0.29) is 6.04 Å². The van der Waals surface area contributed by atoms with Crippen LogP contribution in [0.4, 0.5) is 0 Å². The van der Waals surface area contributed by atoms with Crippen molar-refractivity contribution in [3.8, 4) is 11.5 Å². The maximum Gasteiger partial charge on any atom is 0.243 e. The minimum atomic E-state index is 0.0444. The molecular weight excluding hydrogens is 206 g/mol. The molecule has 84 valence electrons. The highest BCUT2D eigenvalue weighted by atomic mass is 16.5. The number of hydrogen-bond donors (Lipinski definition) is 1. The molecule has 2 aromatic rings. The fourth-order valence-corrected chi connectivity index (χ4v) is 1.32. The van der Waals surface area contributed by atoms with Gasteiger partial charge in [-0.1, -0.05) is 12.1 Å². The van der Waals surface area contributed by atoms with Crippen molar-refractivity contribution in [3.05, 3.63) is 24.5 Å². The summed E-state index contributed by atoms with van der Waals surface area (Å²) in [5.41, 5.74) is 0.612. The van der Waals surface area contributed by atoms with Crippen LogP contribution >= 0.6 is 0 Å². The summed E-state index contributed by atoms with van der Waals surface area (Å²) >= 11 is 0. The maximum absolute atomic E-state index is 5.14. The molecule has 0 aliphatic rings. The molecule has 6 heteroatoms. The Kier molecular flexibility index (Phi) is 3.21. The Hall–Kier alpha value is -1.82. The van der Waals surface area contributed by atoms with Crippen LogP contribution in [0.5, 0.6) is 0 Å². The van der Waals surface area contributed by atoms with Gasteiger partial charge >= 0.3 is 0 Å². The first-order valence-electron chi connectivity index (χ1n) is 5.14. The van der Waals surface area contributed by atoms with Gasteiger partial charge in [-0.3, -0.25) is 4.98 Å². The average molecular weight is 219 g/mol. The molecule has 0 spiro atoms. The van der Waals surface area contributed by atoms with Crippen LogP contribution in [0, 0.1) is 0 Å². The molecule has 0 saturated heterocycles. The molecule has 0 aliphatic carbocycles. The highest BCUT2D eigenvalue weighted by molar-refractivity contribution is 5.45. The van der Waals surface area contributed by atoms with Crippen LogP contribution in [0.15, 0.2) is 23.1 Å². The minimum Gasteiger partial charge on any atom is -0.337 e. The first-order valence-corrected chi connectivity index (χ1v) is 5.14. The van der Waals surface area contributed by atoms with Crippen LogP contribution in [0.3, 0.4) is 0 Å². The van der Waals surface area contributed by atoms with Crippen molar-refractivity contribution in [3.63, 3.8) is 0 Å². The molecule has 1 atom stereocenters. The lowest BCUT2D eigenvalue weighted by Crippen LogP contribution is -2.17. The summed E-state index contributed by atoms with van der Waals surface area (Å²) < 4.78 is 5.14. The van der Waals surface area contributed by atoms with Crippen LogP contribution in [0.1, 0.15) is 25.8 Å². The number of nitrogens with zero attached hydrogens (tertiary/aromatic N) is 4. The van der Waals surface area contributed by atoms with Gasteiger partial charge in [0, 0.05) is 12.4 Å². The smallest absolute Gasteiger partial charge is 0.243 e. The fraction of sp³-hybridized carbons (Fsp3) is 0.400. The zero-order chi connectivity index (χ0) is 11.4. The molecule has 0 aliphatic heterocycles.